The zero-order valence-corrected chi connectivity index (χ0v) is 24.5. The molecule has 0 aliphatic heterocycles. The van der Waals surface area contributed by atoms with Crippen molar-refractivity contribution in [3.63, 3.8) is 0 Å². The fourth-order valence-corrected chi connectivity index (χ4v) is 4.68. The summed E-state index contributed by atoms with van der Waals surface area (Å²) < 4.78 is 47.3. The Morgan fingerprint density at radius 3 is 2.35 bits per heavy atom. The molecule has 0 aromatic heterocycles. The molecule has 1 aliphatic carbocycles. The van der Waals surface area contributed by atoms with Gasteiger partial charge in [-0.15, -0.1) is 0 Å². The van der Waals surface area contributed by atoms with Crippen LogP contribution in [0.5, 0.6) is 0 Å². The fraction of sp³-hybridized carbons (Fsp3) is 0.371. The van der Waals surface area contributed by atoms with Crippen LogP contribution in [0.25, 0.3) is 5.57 Å². The van der Waals surface area contributed by atoms with E-state index >= 15 is 0 Å². The predicted octanol–water partition coefficient (Wildman–Crippen LogP) is 10.0. The van der Waals surface area contributed by atoms with E-state index in [0.29, 0.717) is 18.8 Å². The largest absolute Gasteiger partial charge is 0.393 e. The molecule has 0 bridgehead atoms. The van der Waals surface area contributed by atoms with E-state index in [-0.39, 0.29) is 2.85 Å². The van der Waals surface area contributed by atoms with Crippen molar-refractivity contribution in [2.24, 2.45) is 0 Å². The Hall–Kier alpha value is -3.15. The Bertz CT molecular complexity index is 1240. The summed E-state index contributed by atoms with van der Waals surface area (Å²) in [6.07, 6.45) is 9.82. The van der Waals surface area contributed by atoms with Gasteiger partial charge < -0.3 is 9.47 Å². The number of halogens is 3. The first kappa shape index (κ1) is 33.1. The zero-order chi connectivity index (χ0) is 29.5. The number of hydrogen-bond donors (Lipinski definition) is 0. The van der Waals surface area contributed by atoms with Crippen LogP contribution in [0.15, 0.2) is 96.1 Å². The number of methoxy groups -OCH3 is 2. The quantitative estimate of drug-likeness (QED) is 0.256. The molecule has 2 aromatic rings. The molecule has 5 heteroatoms. The van der Waals surface area contributed by atoms with E-state index < -0.39 is 12.6 Å². The molecule has 1 aliphatic rings. The highest BCUT2D eigenvalue weighted by Gasteiger charge is 2.27. The molecule has 3 rings (SSSR count). The molecule has 220 valence electrons. The highest BCUT2D eigenvalue weighted by atomic mass is 19.4. The lowest BCUT2D eigenvalue weighted by atomic mass is 9.89. The number of aryl methyl sites for hydroxylation is 2. The van der Waals surface area contributed by atoms with Crippen molar-refractivity contribution in [2.75, 3.05) is 21.0 Å². The summed E-state index contributed by atoms with van der Waals surface area (Å²) in [5.41, 5.74) is 9.90. The Morgan fingerprint density at radius 1 is 1.00 bits per heavy atom. The van der Waals surface area contributed by atoms with Gasteiger partial charge in [0, 0.05) is 17.1 Å². The van der Waals surface area contributed by atoms with Gasteiger partial charge in [-0.3, -0.25) is 0 Å². The Kier molecular flexibility index (Phi) is 13.9. The third-order valence-corrected chi connectivity index (χ3v) is 6.78. The molecule has 0 atom stereocenters. The summed E-state index contributed by atoms with van der Waals surface area (Å²) in [5.74, 6) is 0. The number of hydrogen-bond acceptors (Lipinski definition) is 2. The van der Waals surface area contributed by atoms with Gasteiger partial charge in [-0.25, -0.2) is 0 Å². The second kappa shape index (κ2) is 16.8. The topological polar surface area (TPSA) is 18.5 Å². The number of benzene rings is 2. The van der Waals surface area contributed by atoms with Crippen LogP contribution in [0, 0.1) is 0 Å². The second-order valence-corrected chi connectivity index (χ2v) is 9.93. The van der Waals surface area contributed by atoms with Gasteiger partial charge in [0.05, 0.1) is 6.42 Å². The molecule has 0 heterocycles. The predicted molar refractivity (Wildman–Crippen MR) is 166 cm³/mol. The molecular formula is C35H47F3O2. The summed E-state index contributed by atoms with van der Waals surface area (Å²) in [4.78, 5) is 0. The van der Waals surface area contributed by atoms with Crippen molar-refractivity contribution in [3.8, 4) is 0 Å². The van der Waals surface area contributed by atoms with Crippen molar-refractivity contribution in [3.05, 3.63) is 124 Å². The van der Waals surface area contributed by atoms with Crippen LogP contribution in [0.1, 0.15) is 64.3 Å². The molecule has 0 unspecified atom stereocenters. The van der Waals surface area contributed by atoms with Crippen molar-refractivity contribution in [1.82, 2.24) is 0 Å². The summed E-state index contributed by atoms with van der Waals surface area (Å²) in [6.45, 7) is 11.1. The van der Waals surface area contributed by atoms with Crippen molar-refractivity contribution in [2.45, 2.75) is 65.5 Å². The average Bonchev–Trinajstić information content (AvgIpc) is 3.14. The van der Waals surface area contributed by atoms with Crippen LogP contribution in [-0.2, 0) is 35.2 Å². The van der Waals surface area contributed by atoms with E-state index in [0.717, 1.165) is 42.4 Å². The molecular weight excluding hydrogens is 509 g/mol. The maximum absolute atomic E-state index is 12.8. The number of rotatable bonds is 11. The smallest absolute Gasteiger partial charge is 0.359 e. The third-order valence-electron chi connectivity index (χ3n) is 6.78. The molecule has 0 saturated heterocycles. The first-order valence-corrected chi connectivity index (χ1v) is 13.7. The van der Waals surface area contributed by atoms with Gasteiger partial charge in [0.2, 0.25) is 0 Å². The first-order chi connectivity index (χ1) is 19.1. The minimum atomic E-state index is -4.19. The summed E-state index contributed by atoms with van der Waals surface area (Å²) >= 11 is 0. The van der Waals surface area contributed by atoms with Gasteiger partial charge in [-0.05, 0) is 90.5 Å². The van der Waals surface area contributed by atoms with Crippen LogP contribution in [0.4, 0.5) is 13.2 Å². The Balaban J connectivity index is 0.00000221. The van der Waals surface area contributed by atoms with E-state index in [4.69, 9.17) is 0 Å². The SMILES string of the molecule is C=C(CC)c1cc(C/C(=C/C)C2=C(C)CC=CC=C2)ccc1CCc1cccc(CC(F)(F)F)c1.COCOC.[HH].[HH]. The lowest BCUT2D eigenvalue weighted by Gasteiger charge is -2.16. The molecule has 2 nitrogen and oxygen atoms in total. The summed E-state index contributed by atoms with van der Waals surface area (Å²) in [6, 6.07) is 13.5. The number of ether oxygens (including phenoxy) is 2. The van der Waals surface area contributed by atoms with Crippen molar-refractivity contribution >= 4 is 5.57 Å². The van der Waals surface area contributed by atoms with Crippen molar-refractivity contribution < 1.29 is 25.5 Å². The number of allylic oxidation sites excluding steroid dienone is 9. The van der Waals surface area contributed by atoms with Crippen LogP contribution in [0.3, 0.4) is 0 Å². The average molecular weight is 557 g/mol. The third kappa shape index (κ3) is 11.1. The van der Waals surface area contributed by atoms with Crippen LogP contribution < -0.4 is 0 Å². The van der Waals surface area contributed by atoms with Gasteiger partial charge in [0.1, 0.15) is 6.79 Å². The second-order valence-electron chi connectivity index (χ2n) is 9.93. The van der Waals surface area contributed by atoms with Crippen molar-refractivity contribution in [1.29, 1.82) is 0 Å². The molecule has 0 fully saturated rings. The fourth-order valence-electron chi connectivity index (χ4n) is 4.68. The lowest BCUT2D eigenvalue weighted by molar-refractivity contribution is -0.127. The van der Waals surface area contributed by atoms with Crippen LogP contribution in [-0.4, -0.2) is 27.2 Å². The summed E-state index contributed by atoms with van der Waals surface area (Å²) in [7, 11) is 3.17. The minimum Gasteiger partial charge on any atom is -0.359 e. The van der Waals surface area contributed by atoms with Crippen LogP contribution in [0.2, 0.25) is 0 Å². The monoisotopic (exact) mass is 556 g/mol. The Morgan fingerprint density at radius 2 is 1.73 bits per heavy atom. The molecule has 0 amide bonds. The van der Waals surface area contributed by atoms with Gasteiger partial charge in [0.25, 0.3) is 0 Å². The highest BCUT2D eigenvalue weighted by molar-refractivity contribution is 5.67. The number of alkyl halides is 3. The Labute approximate surface area is 241 Å². The standard InChI is InChI=1S/C32H35F3.C3H8O2.2H2/c1-5-23(3)31-21-26(20-28(6-2)30-14-9-7-8-11-24(30)4)16-18-29(31)17-15-25-12-10-13-27(19-25)22-32(33,34)35;1-4-3-5-2;;/h6-10,12-14,16,18-19,21H,3,5,11,15,17,20,22H2,1-2,4H3;3H2,1-2H3;2*1H/b28-6-;;;. The zero-order valence-electron chi connectivity index (χ0n) is 24.5. The van der Waals surface area contributed by atoms with Gasteiger partial charge in [-0.1, -0.05) is 91.9 Å². The first-order valence-electron chi connectivity index (χ1n) is 13.7. The van der Waals surface area contributed by atoms with E-state index in [1.54, 1.807) is 32.4 Å². The molecule has 0 saturated carbocycles. The minimum absolute atomic E-state index is 0. The molecule has 0 spiro atoms. The van der Waals surface area contributed by atoms with Crippen LogP contribution >= 0.6 is 0 Å². The molecule has 0 radical (unpaired) electrons. The van der Waals surface area contributed by atoms with E-state index in [1.165, 1.54) is 27.8 Å². The van der Waals surface area contributed by atoms with Gasteiger partial charge in [0.15, 0.2) is 0 Å². The molecule has 2 aromatic carbocycles. The maximum Gasteiger partial charge on any atom is 0.393 e. The summed E-state index contributed by atoms with van der Waals surface area (Å²) in [5, 5.41) is 0. The molecule has 0 N–H and O–H groups in total. The maximum atomic E-state index is 12.8. The van der Waals surface area contributed by atoms with Gasteiger partial charge in [-0.2, -0.15) is 13.2 Å². The van der Waals surface area contributed by atoms with E-state index in [1.807, 2.05) is 6.07 Å². The molecule has 40 heavy (non-hydrogen) atoms. The normalized spacial score (nSPS) is 13.7. The lowest BCUT2D eigenvalue weighted by Crippen LogP contribution is -2.11. The van der Waals surface area contributed by atoms with Gasteiger partial charge >= 0.3 is 6.18 Å². The van der Waals surface area contributed by atoms with E-state index in [9.17, 15) is 13.2 Å². The highest BCUT2D eigenvalue weighted by Crippen LogP contribution is 2.29. The van der Waals surface area contributed by atoms with E-state index in [2.05, 4.69) is 85.4 Å².